The Bertz CT molecular complexity index is 666. The summed E-state index contributed by atoms with van der Waals surface area (Å²) < 4.78 is 30.8. The number of hydrogen-bond acceptors (Lipinski definition) is 4. The van der Waals surface area contributed by atoms with Crippen LogP contribution in [-0.4, -0.2) is 27.2 Å². The average Bonchev–Trinajstić information content (AvgIpc) is 3.00. The molecule has 2 rings (SSSR count). The number of hydrogen-bond donors (Lipinski definition) is 0. The Morgan fingerprint density at radius 3 is 2.40 bits per heavy atom. The van der Waals surface area contributed by atoms with E-state index >= 15 is 0 Å². The summed E-state index contributed by atoms with van der Waals surface area (Å²) in [4.78, 5) is 12.1. The van der Waals surface area contributed by atoms with Gasteiger partial charge in [0, 0.05) is 0 Å². The molecule has 0 amide bonds. The second kappa shape index (κ2) is 9.37. The SMILES string of the molecule is CCCCCCCCCS(=O)(=O)C1c2ccccc2CC1C(=O)OC. The molecule has 1 aliphatic rings. The molecule has 4 nitrogen and oxygen atoms in total. The third-order valence-corrected chi connectivity index (χ3v) is 7.30. The van der Waals surface area contributed by atoms with Gasteiger partial charge in [-0.3, -0.25) is 4.79 Å². The average molecular weight is 367 g/mol. The number of carbonyl (C=O) groups excluding carboxylic acids is 1. The minimum atomic E-state index is -3.38. The Morgan fingerprint density at radius 1 is 1.08 bits per heavy atom. The van der Waals surface area contributed by atoms with E-state index < -0.39 is 27.0 Å². The first-order valence-corrected chi connectivity index (χ1v) is 11.1. The van der Waals surface area contributed by atoms with Gasteiger partial charge in [-0.2, -0.15) is 0 Å². The number of carbonyl (C=O) groups is 1. The zero-order chi connectivity index (χ0) is 18.3. The first-order valence-electron chi connectivity index (χ1n) is 9.38. The van der Waals surface area contributed by atoms with Gasteiger partial charge in [-0.05, 0) is 24.0 Å². The molecule has 0 radical (unpaired) electrons. The molecule has 0 heterocycles. The van der Waals surface area contributed by atoms with Crippen molar-refractivity contribution < 1.29 is 17.9 Å². The molecule has 25 heavy (non-hydrogen) atoms. The minimum Gasteiger partial charge on any atom is -0.469 e. The van der Waals surface area contributed by atoms with Gasteiger partial charge >= 0.3 is 5.97 Å². The number of unbranched alkanes of at least 4 members (excludes halogenated alkanes) is 6. The van der Waals surface area contributed by atoms with Crippen LogP contribution in [-0.2, 0) is 25.8 Å². The van der Waals surface area contributed by atoms with Crippen LogP contribution in [0, 0.1) is 5.92 Å². The lowest BCUT2D eigenvalue weighted by atomic mass is 10.1. The zero-order valence-electron chi connectivity index (χ0n) is 15.4. The van der Waals surface area contributed by atoms with E-state index in [1.54, 1.807) is 0 Å². The third-order valence-electron chi connectivity index (χ3n) is 5.09. The summed E-state index contributed by atoms with van der Waals surface area (Å²) >= 11 is 0. The van der Waals surface area contributed by atoms with Crippen LogP contribution in [0.1, 0.15) is 68.2 Å². The fourth-order valence-electron chi connectivity index (χ4n) is 3.75. The van der Waals surface area contributed by atoms with Crippen molar-refractivity contribution in [2.45, 2.75) is 63.5 Å². The molecule has 0 aliphatic heterocycles. The van der Waals surface area contributed by atoms with Crippen LogP contribution in [0.5, 0.6) is 0 Å². The maximum Gasteiger partial charge on any atom is 0.310 e. The van der Waals surface area contributed by atoms with Gasteiger partial charge < -0.3 is 4.74 Å². The topological polar surface area (TPSA) is 60.4 Å². The zero-order valence-corrected chi connectivity index (χ0v) is 16.2. The summed E-state index contributed by atoms with van der Waals surface area (Å²) in [7, 11) is -2.05. The molecule has 2 atom stereocenters. The van der Waals surface area contributed by atoms with Gasteiger partial charge in [0.25, 0.3) is 0 Å². The minimum absolute atomic E-state index is 0.146. The summed E-state index contributed by atoms with van der Waals surface area (Å²) in [5.74, 6) is -0.894. The van der Waals surface area contributed by atoms with Gasteiger partial charge in [-0.1, -0.05) is 69.7 Å². The molecule has 140 valence electrons. The summed E-state index contributed by atoms with van der Waals surface area (Å²) in [6, 6.07) is 7.48. The smallest absolute Gasteiger partial charge is 0.310 e. The first-order chi connectivity index (χ1) is 12.0. The predicted octanol–water partition coefficient (Wildman–Crippen LogP) is 4.24. The third kappa shape index (κ3) is 5.06. The molecule has 1 aromatic rings. The van der Waals surface area contributed by atoms with Gasteiger partial charge in [0.05, 0.1) is 18.8 Å². The van der Waals surface area contributed by atoms with Gasteiger partial charge in [0.15, 0.2) is 9.84 Å². The molecule has 1 aromatic carbocycles. The van der Waals surface area contributed by atoms with Crippen LogP contribution in [0.2, 0.25) is 0 Å². The molecule has 0 saturated heterocycles. The van der Waals surface area contributed by atoms with E-state index in [0.717, 1.165) is 24.0 Å². The van der Waals surface area contributed by atoms with Crippen molar-refractivity contribution in [2.75, 3.05) is 12.9 Å². The summed E-state index contributed by atoms with van der Waals surface area (Å²) in [6.45, 7) is 2.18. The van der Waals surface area contributed by atoms with Gasteiger partial charge in [-0.15, -0.1) is 0 Å². The van der Waals surface area contributed by atoms with Crippen LogP contribution in [0.4, 0.5) is 0 Å². The van der Waals surface area contributed by atoms with Crippen molar-refractivity contribution in [1.29, 1.82) is 0 Å². The van der Waals surface area contributed by atoms with Gasteiger partial charge in [-0.25, -0.2) is 8.42 Å². The van der Waals surface area contributed by atoms with Crippen LogP contribution in [0.25, 0.3) is 0 Å². The number of benzene rings is 1. The predicted molar refractivity (Wildman–Crippen MR) is 100 cm³/mol. The largest absolute Gasteiger partial charge is 0.469 e. The number of ether oxygens (including phenoxy) is 1. The van der Waals surface area contributed by atoms with Crippen molar-refractivity contribution in [2.24, 2.45) is 5.92 Å². The van der Waals surface area contributed by atoms with Gasteiger partial charge in [0.2, 0.25) is 0 Å². The highest BCUT2D eigenvalue weighted by molar-refractivity contribution is 7.91. The lowest BCUT2D eigenvalue weighted by Gasteiger charge is -2.19. The maximum absolute atomic E-state index is 13.0. The lowest BCUT2D eigenvalue weighted by molar-refractivity contribution is -0.145. The fourth-order valence-corrected chi connectivity index (χ4v) is 5.93. The highest BCUT2D eigenvalue weighted by atomic mass is 32.2. The lowest BCUT2D eigenvalue weighted by Crippen LogP contribution is -2.28. The summed E-state index contributed by atoms with van der Waals surface area (Å²) in [5, 5.41) is -0.753. The molecule has 1 aliphatic carbocycles. The summed E-state index contributed by atoms with van der Waals surface area (Å²) in [5.41, 5.74) is 1.73. The van der Waals surface area contributed by atoms with Crippen molar-refractivity contribution in [1.82, 2.24) is 0 Å². The normalized spacial score (nSPS) is 19.6. The van der Waals surface area contributed by atoms with Crippen LogP contribution < -0.4 is 0 Å². The maximum atomic E-state index is 13.0. The van der Waals surface area contributed by atoms with Crippen molar-refractivity contribution in [3.63, 3.8) is 0 Å². The Hall–Kier alpha value is -1.36. The molecule has 0 N–H and O–H groups in total. The highest BCUT2D eigenvalue weighted by Crippen LogP contribution is 2.42. The van der Waals surface area contributed by atoms with Crippen LogP contribution >= 0.6 is 0 Å². The molecule has 2 unspecified atom stereocenters. The molecular formula is C20H30O4S. The van der Waals surface area contributed by atoms with Crippen molar-refractivity contribution in [3.8, 4) is 0 Å². The Morgan fingerprint density at radius 2 is 1.72 bits per heavy atom. The molecule has 5 heteroatoms. The highest BCUT2D eigenvalue weighted by Gasteiger charge is 2.45. The Kier molecular flexibility index (Phi) is 7.48. The number of rotatable bonds is 10. The van der Waals surface area contributed by atoms with Crippen molar-refractivity contribution in [3.05, 3.63) is 35.4 Å². The van der Waals surface area contributed by atoms with Crippen LogP contribution in [0.3, 0.4) is 0 Å². The van der Waals surface area contributed by atoms with E-state index in [-0.39, 0.29) is 5.75 Å². The second-order valence-electron chi connectivity index (χ2n) is 6.94. The molecule has 0 spiro atoms. The van der Waals surface area contributed by atoms with E-state index in [1.165, 1.54) is 32.8 Å². The Labute approximate surface area is 151 Å². The monoisotopic (exact) mass is 366 g/mol. The molecule has 0 saturated carbocycles. The number of methoxy groups -OCH3 is 1. The van der Waals surface area contributed by atoms with E-state index in [4.69, 9.17) is 4.74 Å². The Balaban J connectivity index is 2.01. The van der Waals surface area contributed by atoms with E-state index in [2.05, 4.69) is 6.92 Å². The van der Waals surface area contributed by atoms with Gasteiger partial charge in [0.1, 0.15) is 5.25 Å². The first kappa shape index (κ1) is 20.0. The molecule has 0 aromatic heterocycles. The number of sulfone groups is 1. The van der Waals surface area contributed by atoms with Crippen LogP contribution in [0.15, 0.2) is 24.3 Å². The molecular weight excluding hydrogens is 336 g/mol. The number of fused-ring (bicyclic) bond motifs is 1. The van der Waals surface area contributed by atoms with E-state index in [9.17, 15) is 13.2 Å². The van der Waals surface area contributed by atoms with E-state index in [1.807, 2.05) is 24.3 Å². The molecule has 0 bridgehead atoms. The quantitative estimate of drug-likeness (QED) is 0.459. The second-order valence-corrected chi connectivity index (χ2v) is 9.18. The summed E-state index contributed by atoms with van der Waals surface area (Å²) in [6.07, 6.45) is 7.99. The molecule has 0 fully saturated rings. The van der Waals surface area contributed by atoms with Crippen molar-refractivity contribution >= 4 is 15.8 Å². The number of esters is 1. The fraction of sp³-hybridized carbons (Fsp3) is 0.650. The van der Waals surface area contributed by atoms with E-state index in [0.29, 0.717) is 12.8 Å². The standard InChI is InChI=1S/C20H30O4S/c1-3-4-5-6-7-8-11-14-25(22,23)19-17-13-10-9-12-16(17)15-18(19)20(21)24-2/h9-10,12-13,18-19H,3-8,11,14-15H2,1-2H3.